The number of hydrogen-bond acceptors (Lipinski definition) is 3. The number of para-hydroxylation sites is 1. The van der Waals surface area contributed by atoms with E-state index in [-0.39, 0.29) is 18.2 Å². The molecule has 0 atom stereocenters. The number of carbonyl (C=O) groups is 2. The molecular weight excluding hydrogens is 330 g/mol. The van der Waals surface area contributed by atoms with Gasteiger partial charge in [0.2, 0.25) is 0 Å². The van der Waals surface area contributed by atoms with Crippen LogP contribution in [0.5, 0.6) is 0 Å². The summed E-state index contributed by atoms with van der Waals surface area (Å²) in [6.45, 7) is 4.26. The fraction of sp³-hybridized carbons (Fsp3) is 0.353. The number of carboxylic acid groups (broad SMARTS) is 1. The first-order valence-electron chi connectivity index (χ1n) is 7.74. The minimum atomic E-state index is -0.876. The SMILES string of the molecule is CC(C)c1c(C(=O)NCCCC(=O)O)cnn1-c1ccccc1Cl. The van der Waals surface area contributed by atoms with Crippen molar-refractivity contribution in [2.24, 2.45) is 0 Å². The van der Waals surface area contributed by atoms with Crippen LogP contribution in [0.3, 0.4) is 0 Å². The summed E-state index contributed by atoms with van der Waals surface area (Å²) in [4.78, 5) is 22.9. The maximum Gasteiger partial charge on any atom is 0.303 e. The van der Waals surface area contributed by atoms with Crippen LogP contribution in [0.4, 0.5) is 0 Å². The third-order valence-electron chi connectivity index (χ3n) is 3.53. The van der Waals surface area contributed by atoms with E-state index >= 15 is 0 Å². The number of nitrogens with one attached hydrogen (secondary N) is 1. The zero-order valence-corrected chi connectivity index (χ0v) is 14.4. The molecule has 0 saturated carbocycles. The van der Waals surface area contributed by atoms with E-state index in [0.717, 1.165) is 5.69 Å². The molecule has 1 heterocycles. The highest BCUT2D eigenvalue weighted by molar-refractivity contribution is 6.32. The molecule has 0 bridgehead atoms. The Hall–Kier alpha value is -2.34. The highest BCUT2D eigenvalue weighted by Crippen LogP contribution is 2.26. The molecule has 1 aromatic heterocycles. The van der Waals surface area contributed by atoms with Gasteiger partial charge in [0.15, 0.2) is 0 Å². The second-order valence-corrected chi connectivity index (χ2v) is 6.12. The van der Waals surface area contributed by atoms with Gasteiger partial charge in [0.1, 0.15) is 0 Å². The molecular formula is C17H20ClN3O3. The average molecular weight is 350 g/mol. The summed E-state index contributed by atoms with van der Waals surface area (Å²) >= 11 is 6.24. The number of benzene rings is 1. The van der Waals surface area contributed by atoms with Crippen molar-refractivity contribution < 1.29 is 14.7 Å². The number of carbonyl (C=O) groups excluding carboxylic acids is 1. The Morgan fingerprint density at radius 2 is 2.04 bits per heavy atom. The van der Waals surface area contributed by atoms with Gasteiger partial charge < -0.3 is 10.4 Å². The number of carboxylic acids is 1. The van der Waals surface area contributed by atoms with Crippen LogP contribution < -0.4 is 5.32 Å². The summed E-state index contributed by atoms with van der Waals surface area (Å²) < 4.78 is 1.68. The van der Waals surface area contributed by atoms with Crippen LogP contribution >= 0.6 is 11.6 Å². The molecule has 0 aliphatic carbocycles. The molecule has 0 unspecified atom stereocenters. The van der Waals surface area contributed by atoms with Gasteiger partial charge in [-0.05, 0) is 24.5 Å². The maximum atomic E-state index is 12.4. The molecule has 2 rings (SSSR count). The summed E-state index contributed by atoms with van der Waals surface area (Å²) in [5.41, 5.74) is 1.95. The monoisotopic (exact) mass is 349 g/mol. The third-order valence-corrected chi connectivity index (χ3v) is 3.85. The molecule has 0 saturated heterocycles. The Labute approximate surface area is 145 Å². The molecule has 2 aromatic rings. The van der Waals surface area contributed by atoms with Crippen molar-refractivity contribution in [2.75, 3.05) is 6.54 Å². The van der Waals surface area contributed by atoms with Gasteiger partial charge in [0.25, 0.3) is 5.91 Å². The Morgan fingerprint density at radius 1 is 1.33 bits per heavy atom. The molecule has 0 spiro atoms. The van der Waals surface area contributed by atoms with E-state index in [1.54, 1.807) is 10.7 Å². The lowest BCUT2D eigenvalue weighted by Gasteiger charge is -2.14. The third kappa shape index (κ3) is 4.14. The smallest absolute Gasteiger partial charge is 0.303 e. The zero-order chi connectivity index (χ0) is 17.7. The topological polar surface area (TPSA) is 84.2 Å². The Morgan fingerprint density at radius 3 is 2.67 bits per heavy atom. The number of nitrogens with zero attached hydrogens (tertiary/aromatic N) is 2. The van der Waals surface area contributed by atoms with Crippen molar-refractivity contribution in [3.8, 4) is 5.69 Å². The van der Waals surface area contributed by atoms with Crippen LogP contribution in [0.1, 0.15) is 48.7 Å². The minimum Gasteiger partial charge on any atom is -0.481 e. The molecule has 0 aliphatic heterocycles. The quantitative estimate of drug-likeness (QED) is 0.751. The first kappa shape index (κ1) is 18.0. The van der Waals surface area contributed by atoms with Crippen LogP contribution in [0.15, 0.2) is 30.5 Å². The Kier molecular flexibility index (Phi) is 5.98. The highest BCUT2D eigenvalue weighted by atomic mass is 35.5. The molecule has 1 amide bonds. The van der Waals surface area contributed by atoms with E-state index in [0.29, 0.717) is 29.2 Å². The van der Waals surface area contributed by atoms with Crippen molar-refractivity contribution in [1.29, 1.82) is 0 Å². The van der Waals surface area contributed by atoms with Crippen molar-refractivity contribution >= 4 is 23.5 Å². The second kappa shape index (κ2) is 7.97. The van der Waals surface area contributed by atoms with E-state index in [1.807, 2.05) is 32.0 Å². The van der Waals surface area contributed by atoms with Gasteiger partial charge in [-0.3, -0.25) is 9.59 Å². The fourth-order valence-electron chi connectivity index (χ4n) is 2.44. The Bertz CT molecular complexity index is 740. The van der Waals surface area contributed by atoms with Crippen LogP contribution in [-0.2, 0) is 4.79 Å². The number of hydrogen-bond donors (Lipinski definition) is 2. The molecule has 0 aliphatic rings. The van der Waals surface area contributed by atoms with Crippen molar-refractivity contribution in [2.45, 2.75) is 32.6 Å². The van der Waals surface area contributed by atoms with Crippen LogP contribution in [0, 0.1) is 0 Å². The summed E-state index contributed by atoms with van der Waals surface area (Å²) in [5.74, 6) is -1.08. The highest BCUT2D eigenvalue weighted by Gasteiger charge is 2.21. The zero-order valence-electron chi connectivity index (χ0n) is 13.6. The lowest BCUT2D eigenvalue weighted by molar-refractivity contribution is -0.137. The number of amides is 1. The lowest BCUT2D eigenvalue weighted by atomic mass is 10.0. The normalized spacial score (nSPS) is 10.8. The summed E-state index contributed by atoms with van der Waals surface area (Å²) in [6.07, 6.45) is 1.93. The van der Waals surface area contributed by atoms with Gasteiger partial charge in [0, 0.05) is 13.0 Å². The van der Waals surface area contributed by atoms with Crippen molar-refractivity contribution in [3.05, 3.63) is 46.7 Å². The van der Waals surface area contributed by atoms with E-state index in [1.165, 1.54) is 6.20 Å². The molecule has 7 heteroatoms. The van der Waals surface area contributed by atoms with E-state index < -0.39 is 5.97 Å². The van der Waals surface area contributed by atoms with Gasteiger partial charge in [-0.2, -0.15) is 5.10 Å². The van der Waals surface area contributed by atoms with Gasteiger partial charge in [-0.25, -0.2) is 4.68 Å². The van der Waals surface area contributed by atoms with Crippen LogP contribution in [-0.4, -0.2) is 33.3 Å². The average Bonchev–Trinajstić information content (AvgIpc) is 2.96. The first-order valence-corrected chi connectivity index (χ1v) is 8.12. The fourth-order valence-corrected chi connectivity index (χ4v) is 2.66. The van der Waals surface area contributed by atoms with Crippen molar-refractivity contribution in [3.63, 3.8) is 0 Å². The largest absolute Gasteiger partial charge is 0.481 e. The number of rotatable bonds is 7. The maximum absolute atomic E-state index is 12.4. The molecule has 0 fully saturated rings. The van der Waals surface area contributed by atoms with E-state index in [4.69, 9.17) is 16.7 Å². The first-order chi connectivity index (χ1) is 11.4. The second-order valence-electron chi connectivity index (χ2n) is 5.71. The Balaban J connectivity index is 2.24. The summed E-state index contributed by atoms with van der Waals surface area (Å²) in [5, 5.41) is 16.2. The van der Waals surface area contributed by atoms with Crippen LogP contribution in [0.2, 0.25) is 5.02 Å². The molecule has 0 radical (unpaired) electrons. The van der Waals surface area contributed by atoms with Crippen molar-refractivity contribution in [1.82, 2.24) is 15.1 Å². The van der Waals surface area contributed by atoms with E-state index in [2.05, 4.69) is 10.4 Å². The molecule has 128 valence electrons. The summed E-state index contributed by atoms with van der Waals surface area (Å²) in [6, 6.07) is 7.31. The molecule has 6 nitrogen and oxygen atoms in total. The van der Waals surface area contributed by atoms with Crippen LogP contribution in [0.25, 0.3) is 5.69 Å². The molecule has 2 N–H and O–H groups in total. The van der Waals surface area contributed by atoms with Gasteiger partial charge >= 0.3 is 5.97 Å². The van der Waals surface area contributed by atoms with E-state index in [9.17, 15) is 9.59 Å². The minimum absolute atomic E-state index is 0.0240. The summed E-state index contributed by atoms with van der Waals surface area (Å²) in [7, 11) is 0. The predicted molar refractivity (Wildman–Crippen MR) is 91.9 cm³/mol. The predicted octanol–water partition coefficient (Wildman–Crippen LogP) is 3.24. The molecule has 1 aromatic carbocycles. The van der Waals surface area contributed by atoms with Gasteiger partial charge in [-0.15, -0.1) is 0 Å². The lowest BCUT2D eigenvalue weighted by Crippen LogP contribution is -2.26. The number of halogens is 1. The van der Waals surface area contributed by atoms with Gasteiger partial charge in [-0.1, -0.05) is 37.6 Å². The number of aliphatic carboxylic acids is 1. The number of aromatic nitrogens is 2. The van der Waals surface area contributed by atoms with Gasteiger partial charge in [0.05, 0.1) is 28.2 Å². The molecule has 24 heavy (non-hydrogen) atoms. The standard InChI is InChI=1S/C17H20ClN3O3/c1-11(2)16-12(17(24)19-9-5-8-15(22)23)10-20-21(16)14-7-4-3-6-13(14)18/h3-4,6-7,10-11H,5,8-9H2,1-2H3,(H,19,24)(H,22,23).